The Balaban J connectivity index is 1.47. The van der Waals surface area contributed by atoms with E-state index in [0.717, 1.165) is 14.9 Å². The molecule has 1 unspecified atom stereocenters. The number of hydrogen-bond acceptors (Lipinski definition) is 4. The smallest absolute Gasteiger partial charge is 0.272 e. The second-order valence-electron chi connectivity index (χ2n) is 8.67. The second-order valence-corrected chi connectivity index (χ2v) is 11.4. The molecule has 40 heavy (non-hydrogen) atoms. The second kappa shape index (κ2) is 14.0. The fraction of sp³-hybridized carbons (Fsp3) is 0.0645. The standard InChI is InChI=1S/C31H25BrClN3O3S/c1-20(29(37)34-25-10-5-9-24(33)18-25)40-27-12-6-11-26(19-27)35-31(39)28(17-21-13-15-23(32)16-14-21)36-30(38)22-7-3-2-4-8-22/h2-20H,1H3,(H,34,37)(H,35,39)(H,36,38)/b28-17-. The highest BCUT2D eigenvalue weighted by Gasteiger charge is 2.17. The van der Waals surface area contributed by atoms with Gasteiger partial charge in [-0.05, 0) is 79.2 Å². The Morgan fingerprint density at radius 1 is 0.825 bits per heavy atom. The molecule has 0 spiro atoms. The Labute approximate surface area is 250 Å². The van der Waals surface area contributed by atoms with Crippen molar-refractivity contribution in [1.82, 2.24) is 5.32 Å². The summed E-state index contributed by atoms with van der Waals surface area (Å²) in [5, 5.41) is 8.58. The van der Waals surface area contributed by atoms with E-state index in [2.05, 4.69) is 31.9 Å². The summed E-state index contributed by atoms with van der Waals surface area (Å²) < 4.78 is 0.897. The van der Waals surface area contributed by atoms with Crippen LogP contribution in [0.4, 0.5) is 11.4 Å². The predicted molar refractivity (Wildman–Crippen MR) is 166 cm³/mol. The Morgan fingerprint density at radius 2 is 1.50 bits per heavy atom. The molecule has 0 saturated heterocycles. The molecule has 0 saturated carbocycles. The maximum absolute atomic E-state index is 13.3. The maximum atomic E-state index is 13.3. The molecule has 0 bridgehead atoms. The summed E-state index contributed by atoms with van der Waals surface area (Å²) in [5.41, 5.74) is 2.40. The molecule has 4 rings (SSSR count). The zero-order chi connectivity index (χ0) is 28.5. The lowest BCUT2D eigenvalue weighted by Gasteiger charge is -2.14. The van der Waals surface area contributed by atoms with Crippen molar-refractivity contribution in [2.45, 2.75) is 17.1 Å². The molecule has 4 aromatic rings. The Morgan fingerprint density at radius 3 is 2.20 bits per heavy atom. The lowest BCUT2D eigenvalue weighted by atomic mass is 10.1. The van der Waals surface area contributed by atoms with Crippen LogP contribution in [0.1, 0.15) is 22.8 Å². The molecule has 3 N–H and O–H groups in total. The highest BCUT2D eigenvalue weighted by atomic mass is 79.9. The quantitative estimate of drug-likeness (QED) is 0.131. The van der Waals surface area contributed by atoms with Crippen LogP contribution in [-0.4, -0.2) is 23.0 Å². The van der Waals surface area contributed by atoms with E-state index in [9.17, 15) is 14.4 Å². The van der Waals surface area contributed by atoms with E-state index in [-0.39, 0.29) is 11.6 Å². The molecule has 0 heterocycles. The van der Waals surface area contributed by atoms with Crippen molar-refractivity contribution >= 4 is 74.5 Å². The van der Waals surface area contributed by atoms with Crippen molar-refractivity contribution < 1.29 is 14.4 Å². The van der Waals surface area contributed by atoms with Gasteiger partial charge in [0, 0.05) is 31.3 Å². The van der Waals surface area contributed by atoms with Crippen molar-refractivity contribution in [2.24, 2.45) is 0 Å². The summed E-state index contributed by atoms with van der Waals surface area (Å²) in [5.74, 6) is -1.06. The summed E-state index contributed by atoms with van der Waals surface area (Å²) in [6.07, 6.45) is 1.61. The van der Waals surface area contributed by atoms with Gasteiger partial charge < -0.3 is 16.0 Å². The van der Waals surface area contributed by atoms with Crippen molar-refractivity contribution in [3.63, 3.8) is 0 Å². The topological polar surface area (TPSA) is 87.3 Å². The third kappa shape index (κ3) is 8.58. The maximum Gasteiger partial charge on any atom is 0.272 e. The van der Waals surface area contributed by atoms with Crippen LogP contribution in [0.2, 0.25) is 5.02 Å². The van der Waals surface area contributed by atoms with Crippen LogP contribution in [0, 0.1) is 0 Å². The van der Waals surface area contributed by atoms with Crippen molar-refractivity contribution in [2.75, 3.05) is 10.6 Å². The Kier molecular flexibility index (Phi) is 10.2. The van der Waals surface area contributed by atoms with Crippen LogP contribution in [0.5, 0.6) is 0 Å². The fourth-order valence-corrected chi connectivity index (χ4v) is 4.96. The van der Waals surface area contributed by atoms with Gasteiger partial charge in [0.05, 0.1) is 5.25 Å². The number of thioether (sulfide) groups is 1. The summed E-state index contributed by atoms with van der Waals surface area (Å²) in [6.45, 7) is 1.80. The molecular weight excluding hydrogens is 610 g/mol. The monoisotopic (exact) mass is 633 g/mol. The first kappa shape index (κ1) is 29.1. The molecule has 0 aliphatic carbocycles. The molecule has 4 aromatic carbocycles. The average Bonchev–Trinajstić information content (AvgIpc) is 2.94. The fourth-order valence-electron chi connectivity index (χ4n) is 3.58. The first-order valence-electron chi connectivity index (χ1n) is 12.2. The summed E-state index contributed by atoms with van der Waals surface area (Å²) in [6, 6.07) is 30.2. The van der Waals surface area contributed by atoms with E-state index < -0.39 is 17.1 Å². The Hall–Kier alpha value is -3.85. The SMILES string of the molecule is CC(Sc1cccc(NC(=O)/C(=C/c2ccc(Br)cc2)NC(=O)c2ccccc2)c1)C(=O)Nc1cccc(Cl)c1. The molecular formula is C31H25BrClN3O3S. The number of hydrogen-bond donors (Lipinski definition) is 3. The number of carbonyl (C=O) groups is 3. The lowest BCUT2D eigenvalue weighted by molar-refractivity contribution is -0.115. The molecule has 1 atom stereocenters. The average molecular weight is 635 g/mol. The van der Waals surface area contributed by atoms with Crippen molar-refractivity contribution in [1.29, 1.82) is 0 Å². The number of anilines is 2. The van der Waals surface area contributed by atoms with E-state index in [1.54, 1.807) is 79.7 Å². The van der Waals surface area contributed by atoms with Crippen molar-refractivity contribution in [3.05, 3.63) is 129 Å². The molecule has 9 heteroatoms. The van der Waals surface area contributed by atoms with Crippen LogP contribution >= 0.6 is 39.3 Å². The van der Waals surface area contributed by atoms with Gasteiger partial charge in [0.15, 0.2) is 0 Å². The number of amides is 3. The number of nitrogens with one attached hydrogen (secondary N) is 3. The van der Waals surface area contributed by atoms with Crippen LogP contribution in [-0.2, 0) is 9.59 Å². The van der Waals surface area contributed by atoms with Gasteiger partial charge in [-0.2, -0.15) is 0 Å². The summed E-state index contributed by atoms with van der Waals surface area (Å²) in [7, 11) is 0. The predicted octanol–water partition coefficient (Wildman–Crippen LogP) is 7.63. The normalized spacial score (nSPS) is 11.8. The number of carbonyl (C=O) groups excluding carboxylic acids is 3. The van der Waals surface area contributed by atoms with Gasteiger partial charge in [-0.25, -0.2) is 0 Å². The first-order chi connectivity index (χ1) is 19.3. The van der Waals surface area contributed by atoms with E-state index in [1.165, 1.54) is 11.8 Å². The lowest BCUT2D eigenvalue weighted by Crippen LogP contribution is -2.30. The summed E-state index contributed by atoms with van der Waals surface area (Å²) >= 11 is 10.8. The third-order valence-corrected chi connectivity index (χ3v) is 7.43. The zero-order valence-electron chi connectivity index (χ0n) is 21.4. The molecule has 0 radical (unpaired) electrons. The summed E-state index contributed by atoms with van der Waals surface area (Å²) in [4.78, 5) is 39.7. The number of halogens is 2. The van der Waals surface area contributed by atoms with Gasteiger partial charge in [-0.3, -0.25) is 14.4 Å². The van der Waals surface area contributed by atoms with E-state index >= 15 is 0 Å². The molecule has 202 valence electrons. The largest absolute Gasteiger partial charge is 0.325 e. The first-order valence-corrected chi connectivity index (χ1v) is 14.3. The zero-order valence-corrected chi connectivity index (χ0v) is 24.5. The van der Waals surface area contributed by atoms with Gasteiger partial charge in [0.2, 0.25) is 5.91 Å². The minimum atomic E-state index is -0.485. The highest BCUT2D eigenvalue weighted by molar-refractivity contribution is 9.10. The van der Waals surface area contributed by atoms with Crippen LogP contribution in [0.15, 0.2) is 118 Å². The highest BCUT2D eigenvalue weighted by Crippen LogP contribution is 2.27. The molecule has 6 nitrogen and oxygen atoms in total. The van der Waals surface area contributed by atoms with Crippen LogP contribution < -0.4 is 16.0 Å². The van der Waals surface area contributed by atoms with Crippen LogP contribution in [0.3, 0.4) is 0 Å². The third-order valence-electron chi connectivity index (χ3n) is 5.58. The minimum Gasteiger partial charge on any atom is -0.325 e. The molecule has 0 fully saturated rings. The van der Waals surface area contributed by atoms with E-state index in [4.69, 9.17) is 11.6 Å². The minimum absolute atomic E-state index is 0.0866. The van der Waals surface area contributed by atoms with E-state index in [0.29, 0.717) is 22.0 Å². The number of rotatable bonds is 9. The number of benzene rings is 4. The van der Waals surface area contributed by atoms with Gasteiger partial charge in [-0.15, -0.1) is 11.8 Å². The molecule has 0 aromatic heterocycles. The van der Waals surface area contributed by atoms with E-state index in [1.807, 2.05) is 36.4 Å². The van der Waals surface area contributed by atoms with Crippen molar-refractivity contribution in [3.8, 4) is 0 Å². The van der Waals surface area contributed by atoms with Gasteiger partial charge in [0.1, 0.15) is 5.70 Å². The molecule has 0 aliphatic heterocycles. The van der Waals surface area contributed by atoms with Crippen LogP contribution in [0.25, 0.3) is 6.08 Å². The molecule has 3 amide bonds. The van der Waals surface area contributed by atoms with Gasteiger partial charge in [0.25, 0.3) is 11.8 Å². The van der Waals surface area contributed by atoms with Gasteiger partial charge >= 0.3 is 0 Å². The van der Waals surface area contributed by atoms with Gasteiger partial charge in [-0.1, -0.05) is 70.0 Å². The molecule has 0 aliphatic rings. The Bertz CT molecular complexity index is 1550.